The molecule has 8 heteroatoms. The fourth-order valence-corrected chi connectivity index (χ4v) is 3.93. The van der Waals surface area contributed by atoms with Crippen molar-refractivity contribution in [3.05, 3.63) is 78.6 Å². The molecule has 0 unspecified atom stereocenters. The van der Waals surface area contributed by atoms with E-state index >= 15 is 0 Å². The Morgan fingerprint density at radius 1 is 0.879 bits per heavy atom. The van der Waals surface area contributed by atoms with Crippen LogP contribution in [0, 0.1) is 5.82 Å². The Labute approximate surface area is 194 Å². The van der Waals surface area contributed by atoms with Gasteiger partial charge in [0, 0.05) is 28.7 Å². The van der Waals surface area contributed by atoms with Crippen LogP contribution in [0.2, 0.25) is 0 Å². The predicted octanol–water partition coefficient (Wildman–Crippen LogP) is 5.52. The second-order valence-electron chi connectivity index (χ2n) is 7.20. The fraction of sp³-hybridized carbons (Fsp3) is 0.120. The van der Waals surface area contributed by atoms with Crippen molar-refractivity contribution in [1.82, 2.24) is 9.97 Å². The first-order valence-corrected chi connectivity index (χ1v) is 11.4. The van der Waals surface area contributed by atoms with E-state index in [2.05, 4.69) is 20.6 Å². The Hall–Kier alpha value is -3.78. The van der Waals surface area contributed by atoms with Crippen molar-refractivity contribution in [2.24, 2.45) is 0 Å². The van der Waals surface area contributed by atoms with Gasteiger partial charge in [-0.1, -0.05) is 49.0 Å². The summed E-state index contributed by atoms with van der Waals surface area (Å²) in [6.07, 6.45) is 0.392. The summed E-state index contributed by atoms with van der Waals surface area (Å²) < 4.78 is 13.9. The van der Waals surface area contributed by atoms with Crippen molar-refractivity contribution in [1.29, 1.82) is 0 Å². The molecule has 1 heterocycles. The number of amides is 2. The van der Waals surface area contributed by atoms with Crippen LogP contribution in [0.25, 0.3) is 22.3 Å². The van der Waals surface area contributed by atoms with Crippen molar-refractivity contribution in [2.75, 3.05) is 16.4 Å². The van der Waals surface area contributed by atoms with E-state index in [1.807, 2.05) is 30.3 Å². The maximum absolute atomic E-state index is 13.9. The first-order valence-electron chi connectivity index (χ1n) is 10.4. The maximum atomic E-state index is 13.9. The number of carbonyl (C=O) groups excluding carboxylic acids is 2. The maximum Gasteiger partial charge on any atom is 0.234 e. The van der Waals surface area contributed by atoms with Crippen molar-refractivity contribution < 1.29 is 14.0 Å². The van der Waals surface area contributed by atoms with Gasteiger partial charge < -0.3 is 10.6 Å². The SMILES string of the molecule is CCC(=O)Nc1ccc(NC(=O)CSc2nc(-c3ccccc3)nc3ccc(F)cc23)cc1. The third kappa shape index (κ3) is 5.72. The van der Waals surface area contributed by atoms with Crippen molar-refractivity contribution in [3.8, 4) is 11.4 Å². The Kier molecular flexibility index (Phi) is 6.95. The average molecular weight is 461 g/mol. The Morgan fingerprint density at radius 2 is 1.55 bits per heavy atom. The third-order valence-electron chi connectivity index (χ3n) is 4.77. The Bertz CT molecular complexity index is 1300. The highest BCUT2D eigenvalue weighted by molar-refractivity contribution is 8.00. The van der Waals surface area contributed by atoms with Gasteiger partial charge in [-0.05, 0) is 42.5 Å². The highest BCUT2D eigenvalue weighted by atomic mass is 32.2. The van der Waals surface area contributed by atoms with Crippen LogP contribution in [0.5, 0.6) is 0 Å². The quantitative estimate of drug-likeness (QED) is 0.280. The van der Waals surface area contributed by atoms with Crippen LogP contribution >= 0.6 is 11.8 Å². The molecule has 2 N–H and O–H groups in total. The summed E-state index contributed by atoms with van der Waals surface area (Å²) >= 11 is 1.22. The van der Waals surface area contributed by atoms with E-state index in [-0.39, 0.29) is 23.4 Å². The van der Waals surface area contributed by atoms with Gasteiger partial charge in [0.05, 0.1) is 11.3 Å². The van der Waals surface area contributed by atoms with E-state index in [0.29, 0.717) is 39.5 Å². The summed E-state index contributed by atoms with van der Waals surface area (Å²) in [6.45, 7) is 1.78. The number of benzene rings is 3. The molecule has 4 rings (SSSR count). The number of hydrogen-bond donors (Lipinski definition) is 2. The largest absolute Gasteiger partial charge is 0.326 e. The van der Waals surface area contributed by atoms with E-state index < -0.39 is 0 Å². The molecule has 0 bridgehead atoms. The monoisotopic (exact) mass is 460 g/mol. The van der Waals surface area contributed by atoms with Gasteiger partial charge in [0.1, 0.15) is 10.8 Å². The molecule has 0 saturated heterocycles. The highest BCUT2D eigenvalue weighted by Gasteiger charge is 2.13. The summed E-state index contributed by atoms with van der Waals surface area (Å²) in [4.78, 5) is 33.2. The number of aromatic nitrogens is 2. The number of nitrogens with one attached hydrogen (secondary N) is 2. The zero-order valence-electron chi connectivity index (χ0n) is 17.8. The van der Waals surface area contributed by atoms with Crippen LogP contribution in [0.1, 0.15) is 13.3 Å². The molecule has 166 valence electrons. The zero-order chi connectivity index (χ0) is 23.2. The van der Waals surface area contributed by atoms with Crippen LogP contribution in [0.3, 0.4) is 0 Å². The Morgan fingerprint density at radius 3 is 2.21 bits per heavy atom. The first-order chi connectivity index (χ1) is 16.0. The summed E-state index contributed by atoms with van der Waals surface area (Å²) in [5.41, 5.74) is 2.72. The summed E-state index contributed by atoms with van der Waals surface area (Å²) in [5.74, 6) is -0.0886. The van der Waals surface area contributed by atoms with E-state index in [4.69, 9.17) is 0 Å². The summed E-state index contributed by atoms with van der Waals surface area (Å²) in [7, 11) is 0. The van der Waals surface area contributed by atoms with E-state index in [1.165, 1.54) is 23.9 Å². The number of hydrogen-bond acceptors (Lipinski definition) is 5. The molecule has 4 aromatic rings. The lowest BCUT2D eigenvalue weighted by Crippen LogP contribution is -2.14. The van der Waals surface area contributed by atoms with Gasteiger partial charge in [0.15, 0.2) is 5.82 Å². The fourth-order valence-electron chi connectivity index (χ4n) is 3.12. The van der Waals surface area contributed by atoms with Crippen molar-refractivity contribution in [2.45, 2.75) is 18.4 Å². The second-order valence-corrected chi connectivity index (χ2v) is 8.16. The normalized spacial score (nSPS) is 10.7. The van der Waals surface area contributed by atoms with E-state index in [9.17, 15) is 14.0 Å². The molecular weight excluding hydrogens is 439 g/mol. The number of anilines is 2. The van der Waals surface area contributed by atoms with Gasteiger partial charge in [-0.2, -0.15) is 0 Å². The molecule has 3 aromatic carbocycles. The summed E-state index contributed by atoms with van der Waals surface area (Å²) in [5, 5.41) is 6.67. The highest BCUT2D eigenvalue weighted by Crippen LogP contribution is 2.29. The van der Waals surface area contributed by atoms with Crippen LogP contribution in [0.15, 0.2) is 77.8 Å². The predicted molar refractivity (Wildman–Crippen MR) is 130 cm³/mol. The lowest BCUT2D eigenvalue weighted by Gasteiger charge is -2.10. The number of thioether (sulfide) groups is 1. The van der Waals surface area contributed by atoms with Crippen LogP contribution in [-0.4, -0.2) is 27.5 Å². The molecular formula is C25H21FN4O2S. The third-order valence-corrected chi connectivity index (χ3v) is 5.76. The Balaban J connectivity index is 1.49. The standard InChI is InChI=1S/C25H21FN4O2S/c1-2-22(31)27-18-9-11-19(12-10-18)28-23(32)15-33-25-20-14-17(26)8-13-21(20)29-24(30-25)16-6-4-3-5-7-16/h3-14H,2,15H2,1H3,(H,27,31)(H,28,32). The molecule has 0 saturated carbocycles. The number of rotatable bonds is 7. The van der Waals surface area contributed by atoms with Crippen molar-refractivity contribution in [3.63, 3.8) is 0 Å². The summed E-state index contributed by atoms with van der Waals surface area (Å²) in [6, 6.07) is 20.7. The molecule has 2 amide bonds. The molecule has 0 spiro atoms. The topological polar surface area (TPSA) is 84.0 Å². The minimum Gasteiger partial charge on any atom is -0.326 e. The molecule has 6 nitrogen and oxygen atoms in total. The number of carbonyl (C=O) groups is 2. The molecule has 0 aliphatic carbocycles. The van der Waals surface area contributed by atoms with Gasteiger partial charge in [0.2, 0.25) is 11.8 Å². The van der Waals surface area contributed by atoms with Gasteiger partial charge >= 0.3 is 0 Å². The molecule has 0 fully saturated rings. The van der Waals surface area contributed by atoms with Crippen LogP contribution < -0.4 is 10.6 Å². The molecule has 0 aliphatic rings. The van der Waals surface area contributed by atoms with E-state index in [1.54, 1.807) is 37.3 Å². The molecule has 0 radical (unpaired) electrons. The lowest BCUT2D eigenvalue weighted by atomic mass is 10.2. The molecule has 0 aliphatic heterocycles. The van der Waals surface area contributed by atoms with Gasteiger partial charge in [-0.3, -0.25) is 9.59 Å². The smallest absolute Gasteiger partial charge is 0.234 e. The van der Waals surface area contributed by atoms with Crippen LogP contribution in [-0.2, 0) is 9.59 Å². The average Bonchev–Trinajstić information content (AvgIpc) is 2.84. The van der Waals surface area contributed by atoms with Crippen LogP contribution in [0.4, 0.5) is 15.8 Å². The minimum atomic E-state index is -0.389. The number of nitrogens with zero attached hydrogens (tertiary/aromatic N) is 2. The molecule has 1 aromatic heterocycles. The number of halogens is 1. The molecule has 0 atom stereocenters. The van der Waals surface area contributed by atoms with E-state index in [0.717, 1.165) is 5.56 Å². The minimum absolute atomic E-state index is 0.0772. The lowest BCUT2D eigenvalue weighted by molar-refractivity contribution is -0.116. The zero-order valence-corrected chi connectivity index (χ0v) is 18.7. The molecule has 33 heavy (non-hydrogen) atoms. The second kappa shape index (κ2) is 10.2. The van der Waals surface area contributed by atoms with Gasteiger partial charge in [0.25, 0.3) is 0 Å². The van der Waals surface area contributed by atoms with Gasteiger partial charge in [-0.25, -0.2) is 14.4 Å². The van der Waals surface area contributed by atoms with Crippen molar-refractivity contribution >= 4 is 45.9 Å². The first kappa shape index (κ1) is 22.4. The van der Waals surface area contributed by atoms with Gasteiger partial charge in [-0.15, -0.1) is 0 Å². The number of fused-ring (bicyclic) bond motifs is 1.